The Hall–Kier alpha value is -2.42. The van der Waals surface area contributed by atoms with Crippen molar-refractivity contribution in [1.82, 2.24) is 20.4 Å². The van der Waals surface area contributed by atoms with Crippen molar-refractivity contribution in [1.29, 1.82) is 0 Å². The highest BCUT2D eigenvalue weighted by Crippen LogP contribution is 2.34. The molecule has 140 valence electrons. The molecule has 1 atom stereocenters. The van der Waals surface area contributed by atoms with Crippen LogP contribution in [0.4, 0.5) is 10.5 Å². The Morgan fingerprint density at radius 1 is 1.35 bits per heavy atom. The Balaban J connectivity index is 1.72. The van der Waals surface area contributed by atoms with E-state index in [1.54, 1.807) is 4.90 Å². The quantitative estimate of drug-likeness (QED) is 0.849. The summed E-state index contributed by atoms with van der Waals surface area (Å²) in [5.41, 5.74) is 8.38. The molecule has 1 aliphatic rings. The Morgan fingerprint density at radius 2 is 2.08 bits per heavy atom. The van der Waals surface area contributed by atoms with E-state index in [0.717, 1.165) is 16.6 Å². The molecule has 2 aromatic rings. The first-order valence-electron chi connectivity index (χ1n) is 8.56. The lowest BCUT2D eigenvalue weighted by Crippen LogP contribution is -2.39. The van der Waals surface area contributed by atoms with Crippen molar-refractivity contribution in [3.05, 3.63) is 16.1 Å². The molecule has 0 aliphatic carbocycles. The summed E-state index contributed by atoms with van der Waals surface area (Å²) in [4.78, 5) is 27.3. The van der Waals surface area contributed by atoms with Gasteiger partial charge in [0.15, 0.2) is 0 Å². The molecule has 0 radical (unpaired) electrons. The largest absolute Gasteiger partial charge is 0.447 e. The van der Waals surface area contributed by atoms with E-state index in [0.29, 0.717) is 34.9 Å². The van der Waals surface area contributed by atoms with Crippen LogP contribution in [-0.4, -0.2) is 52.3 Å². The number of aryl methyl sites for hydroxylation is 2. The smallest absolute Gasteiger partial charge is 0.410 e. The highest BCUT2D eigenvalue weighted by molar-refractivity contribution is 7.21. The number of ether oxygens (including phenoxy) is 1. The van der Waals surface area contributed by atoms with Crippen LogP contribution in [0.15, 0.2) is 0 Å². The maximum atomic E-state index is 12.7. The van der Waals surface area contributed by atoms with Gasteiger partial charge in [0.1, 0.15) is 9.71 Å². The predicted molar refractivity (Wildman–Crippen MR) is 100 cm³/mol. The van der Waals surface area contributed by atoms with Crippen LogP contribution in [0.2, 0.25) is 0 Å². The van der Waals surface area contributed by atoms with Crippen LogP contribution in [0.3, 0.4) is 0 Å². The molecule has 1 saturated heterocycles. The minimum Gasteiger partial charge on any atom is -0.447 e. The molecule has 3 heterocycles. The van der Waals surface area contributed by atoms with Gasteiger partial charge in [-0.25, -0.2) is 4.79 Å². The molecular weight excluding hydrogens is 354 g/mol. The molecule has 2 aromatic heterocycles. The molecule has 8 nitrogen and oxygen atoms in total. The van der Waals surface area contributed by atoms with Gasteiger partial charge >= 0.3 is 6.09 Å². The summed E-state index contributed by atoms with van der Waals surface area (Å²) in [6, 6.07) is -0.124. The number of anilines is 1. The van der Waals surface area contributed by atoms with Gasteiger partial charge in [0.2, 0.25) is 0 Å². The first-order valence-corrected chi connectivity index (χ1v) is 9.37. The first-order chi connectivity index (χ1) is 12.3. The third-order valence-corrected chi connectivity index (χ3v) is 5.55. The van der Waals surface area contributed by atoms with Crippen LogP contribution in [0.5, 0.6) is 0 Å². The standard InChI is InChI=1S/C17H23N5O3S/c1-8(2)25-17(24)22-6-5-11(7-22)19-15(23)14-13(18)12-9(3)10(4)20-21-16(12)26-14/h8,11H,5-7,18H2,1-4H3,(H,19,23). The van der Waals surface area contributed by atoms with Crippen LogP contribution in [0.25, 0.3) is 10.2 Å². The van der Waals surface area contributed by atoms with Gasteiger partial charge in [0.05, 0.1) is 17.5 Å². The van der Waals surface area contributed by atoms with E-state index < -0.39 is 0 Å². The van der Waals surface area contributed by atoms with Gasteiger partial charge in [0, 0.05) is 24.5 Å². The van der Waals surface area contributed by atoms with Gasteiger partial charge in [-0.2, -0.15) is 5.10 Å². The number of likely N-dealkylation sites (tertiary alicyclic amines) is 1. The Kier molecular flexibility index (Phi) is 4.99. The average molecular weight is 377 g/mol. The third kappa shape index (κ3) is 3.44. The molecule has 1 unspecified atom stereocenters. The number of nitrogen functional groups attached to an aromatic ring is 1. The second-order valence-electron chi connectivity index (χ2n) is 6.77. The monoisotopic (exact) mass is 377 g/mol. The van der Waals surface area contributed by atoms with Crippen molar-refractivity contribution in [2.45, 2.75) is 46.3 Å². The number of nitrogens with zero attached hydrogens (tertiary/aromatic N) is 3. The minimum atomic E-state index is -0.348. The predicted octanol–water partition coefficient (Wildman–Crippen LogP) is 2.24. The molecule has 3 N–H and O–H groups in total. The van der Waals surface area contributed by atoms with E-state index in [9.17, 15) is 9.59 Å². The zero-order chi connectivity index (χ0) is 19.0. The molecule has 3 rings (SSSR count). The maximum absolute atomic E-state index is 12.7. The SMILES string of the molecule is Cc1nnc2sc(C(=O)NC3CCN(C(=O)OC(C)C)C3)c(N)c2c1C. The van der Waals surface area contributed by atoms with Gasteiger partial charge in [0.25, 0.3) is 5.91 Å². The number of nitrogens with two attached hydrogens (primary N) is 1. The minimum absolute atomic E-state index is 0.124. The zero-order valence-electron chi connectivity index (χ0n) is 15.3. The van der Waals surface area contributed by atoms with E-state index in [-0.39, 0.29) is 24.1 Å². The number of thiophene rings is 1. The van der Waals surface area contributed by atoms with Crippen molar-refractivity contribution < 1.29 is 14.3 Å². The lowest BCUT2D eigenvalue weighted by atomic mass is 10.1. The Morgan fingerprint density at radius 3 is 2.77 bits per heavy atom. The topological polar surface area (TPSA) is 110 Å². The summed E-state index contributed by atoms with van der Waals surface area (Å²) < 4.78 is 5.20. The number of carbonyl (C=O) groups excluding carboxylic acids is 2. The van der Waals surface area contributed by atoms with Crippen molar-refractivity contribution >= 4 is 39.2 Å². The van der Waals surface area contributed by atoms with E-state index in [4.69, 9.17) is 10.5 Å². The number of amides is 2. The summed E-state index contributed by atoms with van der Waals surface area (Å²) in [6.45, 7) is 8.39. The summed E-state index contributed by atoms with van der Waals surface area (Å²) >= 11 is 1.24. The van der Waals surface area contributed by atoms with Gasteiger partial charge in [-0.15, -0.1) is 16.4 Å². The number of carbonyl (C=O) groups is 2. The number of hydrogen-bond acceptors (Lipinski definition) is 7. The number of rotatable bonds is 3. The Bertz CT molecular complexity index is 864. The first kappa shape index (κ1) is 18.4. The molecule has 0 spiro atoms. The second kappa shape index (κ2) is 7.06. The lowest BCUT2D eigenvalue weighted by molar-refractivity contribution is 0.0817. The van der Waals surface area contributed by atoms with Crippen LogP contribution in [-0.2, 0) is 4.74 Å². The molecule has 0 bridgehead atoms. The van der Waals surface area contributed by atoms with Crippen molar-refractivity contribution in [2.24, 2.45) is 0 Å². The molecule has 0 aromatic carbocycles. The van der Waals surface area contributed by atoms with E-state index >= 15 is 0 Å². The molecule has 2 amide bonds. The molecule has 26 heavy (non-hydrogen) atoms. The van der Waals surface area contributed by atoms with Gasteiger partial charge in [-0.3, -0.25) is 4.79 Å². The normalized spacial score (nSPS) is 17.1. The fourth-order valence-electron chi connectivity index (χ4n) is 2.98. The van der Waals surface area contributed by atoms with Crippen LogP contribution in [0.1, 0.15) is 41.2 Å². The van der Waals surface area contributed by atoms with E-state index in [1.165, 1.54) is 11.3 Å². The maximum Gasteiger partial charge on any atom is 0.410 e. The average Bonchev–Trinajstić information content (AvgIpc) is 3.15. The highest BCUT2D eigenvalue weighted by atomic mass is 32.1. The highest BCUT2D eigenvalue weighted by Gasteiger charge is 2.30. The molecule has 9 heteroatoms. The van der Waals surface area contributed by atoms with E-state index in [1.807, 2.05) is 27.7 Å². The van der Waals surface area contributed by atoms with E-state index in [2.05, 4.69) is 15.5 Å². The number of aromatic nitrogens is 2. The third-order valence-electron chi connectivity index (χ3n) is 4.46. The van der Waals surface area contributed by atoms with Crippen LogP contribution >= 0.6 is 11.3 Å². The Labute approximate surface area is 155 Å². The number of fused-ring (bicyclic) bond motifs is 1. The fraction of sp³-hybridized carbons (Fsp3) is 0.529. The van der Waals surface area contributed by atoms with Crippen molar-refractivity contribution in [3.63, 3.8) is 0 Å². The van der Waals surface area contributed by atoms with Crippen molar-refractivity contribution in [3.8, 4) is 0 Å². The summed E-state index contributed by atoms with van der Waals surface area (Å²) in [6.07, 6.45) is 0.170. The van der Waals surface area contributed by atoms with Crippen molar-refractivity contribution in [2.75, 3.05) is 18.8 Å². The fourth-order valence-corrected chi connectivity index (χ4v) is 3.98. The molecule has 0 saturated carbocycles. The van der Waals surface area contributed by atoms with Gasteiger partial charge < -0.3 is 20.7 Å². The molecule has 1 aliphatic heterocycles. The summed E-state index contributed by atoms with van der Waals surface area (Å²) in [5, 5.41) is 12.0. The number of nitrogens with one attached hydrogen (secondary N) is 1. The lowest BCUT2D eigenvalue weighted by Gasteiger charge is -2.18. The van der Waals surface area contributed by atoms with Crippen LogP contribution in [0, 0.1) is 13.8 Å². The number of hydrogen-bond donors (Lipinski definition) is 2. The molecular formula is C17H23N5O3S. The molecule has 1 fully saturated rings. The summed E-state index contributed by atoms with van der Waals surface area (Å²) in [5.74, 6) is -0.244. The second-order valence-corrected chi connectivity index (χ2v) is 7.77. The summed E-state index contributed by atoms with van der Waals surface area (Å²) in [7, 11) is 0. The zero-order valence-corrected chi connectivity index (χ0v) is 16.1. The van der Waals surface area contributed by atoms with Crippen LogP contribution < -0.4 is 11.1 Å². The van der Waals surface area contributed by atoms with Gasteiger partial charge in [-0.05, 0) is 39.7 Å². The van der Waals surface area contributed by atoms with Gasteiger partial charge in [-0.1, -0.05) is 0 Å².